The van der Waals surface area contributed by atoms with Crippen molar-refractivity contribution in [1.82, 2.24) is 5.32 Å². The molecule has 0 bridgehead atoms. The zero-order chi connectivity index (χ0) is 10.8. The molecule has 0 saturated carbocycles. The summed E-state index contributed by atoms with van der Waals surface area (Å²) in [6, 6.07) is 4.95. The van der Waals surface area contributed by atoms with Crippen LogP contribution >= 0.6 is 15.9 Å². The Labute approximate surface area is 91.7 Å². The van der Waals surface area contributed by atoms with Crippen LogP contribution in [0.15, 0.2) is 27.6 Å². The third-order valence-corrected chi connectivity index (χ3v) is 3.57. The van der Waals surface area contributed by atoms with Gasteiger partial charge in [-0.2, -0.15) is 0 Å². The molecule has 14 heavy (non-hydrogen) atoms. The molecular formula is C8H11BrN2O2S. The van der Waals surface area contributed by atoms with Crippen molar-refractivity contribution in [3.63, 3.8) is 0 Å². The molecule has 3 N–H and O–H groups in total. The van der Waals surface area contributed by atoms with Crippen LogP contribution in [0.3, 0.4) is 0 Å². The van der Waals surface area contributed by atoms with E-state index in [0.29, 0.717) is 11.0 Å². The Morgan fingerprint density at radius 3 is 2.57 bits per heavy atom. The Bertz CT molecular complexity index is 431. The van der Waals surface area contributed by atoms with E-state index in [9.17, 15) is 8.42 Å². The van der Waals surface area contributed by atoms with E-state index in [2.05, 4.69) is 21.2 Å². The van der Waals surface area contributed by atoms with Gasteiger partial charge in [-0.1, -0.05) is 6.07 Å². The zero-order valence-corrected chi connectivity index (χ0v) is 10.0. The highest BCUT2D eigenvalue weighted by Crippen LogP contribution is 2.21. The lowest BCUT2D eigenvalue weighted by atomic mass is 10.2. The molecule has 0 amide bonds. The van der Waals surface area contributed by atoms with E-state index < -0.39 is 10.0 Å². The molecule has 0 heterocycles. The molecule has 0 aromatic heterocycles. The van der Waals surface area contributed by atoms with E-state index >= 15 is 0 Å². The van der Waals surface area contributed by atoms with Crippen LogP contribution in [0.2, 0.25) is 0 Å². The number of nitrogens with two attached hydrogens (primary N) is 1. The van der Waals surface area contributed by atoms with E-state index in [4.69, 9.17) is 5.14 Å². The molecule has 0 unspecified atom stereocenters. The fraction of sp³-hybridized carbons (Fsp3) is 0.250. The summed E-state index contributed by atoms with van der Waals surface area (Å²) in [7, 11) is -1.81. The van der Waals surface area contributed by atoms with Crippen LogP contribution in [0.25, 0.3) is 0 Å². The summed E-state index contributed by atoms with van der Waals surface area (Å²) in [6.07, 6.45) is 0. The van der Waals surface area contributed by atoms with Crippen LogP contribution in [0.5, 0.6) is 0 Å². The van der Waals surface area contributed by atoms with E-state index in [1.165, 1.54) is 6.07 Å². The van der Waals surface area contributed by atoms with Crippen molar-refractivity contribution in [3.05, 3.63) is 28.2 Å². The minimum atomic E-state index is -3.63. The third-order valence-electron chi connectivity index (χ3n) is 1.68. The summed E-state index contributed by atoms with van der Waals surface area (Å²) >= 11 is 3.17. The Balaban J connectivity index is 3.15. The first kappa shape index (κ1) is 11.6. The first-order valence-electron chi connectivity index (χ1n) is 3.91. The molecule has 0 aliphatic heterocycles. The average molecular weight is 279 g/mol. The molecule has 0 aliphatic carbocycles. The van der Waals surface area contributed by atoms with Crippen LogP contribution in [0, 0.1) is 0 Å². The standard InChI is InChI=1S/C8H11BrN2O2S/c1-11-5-6-2-3-8(7(9)4-6)14(10,12)13/h2-4,11H,5H2,1H3,(H2,10,12,13). The third kappa shape index (κ3) is 2.78. The van der Waals surface area contributed by atoms with Crippen molar-refractivity contribution in [2.75, 3.05) is 7.05 Å². The Hall–Kier alpha value is -0.430. The highest BCUT2D eigenvalue weighted by Gasteiger charge is 2.12. The van der Waals surface area contributed by atoms with Crippen LogP contribution in [0.1, 0.15) is 5.56 Å². The molecule has 78 valence electrons. The van der Waals surface area contributed by atoms with Gasteiger partial charge in [0.25, 0.3) is 0 Å². The van der Waals surface area contributed by atoms with E-state index in [0.717, 1.165) is 5.56 Å². The van der Waals surface area contributed by atoms with Gasteiger partial charge in [0, 0.05) is 11.0 Å². The SMILES string of the molecule is CNCc1ccc(S(N)(=O)=O)c(Br)c1. The van der Waals surface area contributed by atoms with Crippen molar-refractivity contribution in [2.24, 2.45) is 5.14 Å². The first-order chi connectivity index (χ1) is 6.45. The van der Waals surface area contributed by atoms with Gasteiger partial charge in [-0.3, -0.25) is 0 Å². The fourth-order valence-electron chi connectivity index (χ4n) is 1.09. The minimum absolute atomic E-state index is 0.109. The van der Waals surface area contributed by atoms with Crippen molar-refractivity contribution >= 4 is 26.0 Å². The van der Waals surface area contributed by atoms with Gasteiger partial charge in [0.15, 0.2) is 0 Å². The molecule has 1 rings (SSSR count). The summed E-state index contributed by atoms with van der Waals surface area (Å²) in [5.74, 6) is 0. The van der Waals surface area contributed by atoms with Crippen molar-refractivity contribution < 1.29 is 8.42 Å². The van der Waals surface area contributed by atoms with Crippen LogP contribution in [-0.2, 0) is 16.6 Å². The Morgan fingerprint density at radius 2 is 2.14 bits per heavy atom. The molecule has 0 fully saturated rings. The number of hydrogen-bond acceptors (Lipinski definition) is 3. The Kier molecular flexibility index (Phi) is 3.65. The molecule has 0 radical (unpaired) electrons. The first-order valence-corrected chi connectivity index (χ1v) is 6.25. The number of benzene rings is 1. The van der Waals surface area contributed by atoms with Gasteiger partial charge in [-0.25, -0.2) is 13.6 Å². The van der Waals surface area contributed by atoms with Gasteiger partial charge in [0.05, 0.1) is 4.90 Å². The predicted molar refractivity (Wildman–Crippen MR) is 58.3 cm³/mol. The van der Waals surface area contributed by atoms with Gasteiger partial charge in [-0.05, 0) is 40.7 Å². The normalized spacial score (nSPS) is 11.6. The van der Waals surface area contributed by atoms with Gasteiger partial charge in [0.2, 0.25) is 10.0 Å². The summed E-state index contributed by atoms with van der Waals surface area (Å²) in [4.78, 5) is 0.109. The van der Waals surface area contributed by atoms with E-state index in [1.54, 1.807) is 12.1 Å². The monoisotopic (exact) mass is 278 g/mol. The maximum absolute atomic E-state index is 11.1. The number of rotatable bonds is 3. The number of sulfonamides is 1. The Morgan fingerprint density at radius 1 is 1.50 bits per heavy atom. The molecule has 4 nitrogen and oxygen atoms in total. The molecule has 0 spiro atoms. The zero-order valence-electron chi connectivity index (χ0n) is 7.62. The second-order valence-corrected chi connectivity index (χ2v) is 5.22. The number of hydrogen-bond donors (Lipinski definition) is 2. The van der Waals surface area contributed by atoms with Crippen LogP contribution in [0.4, 0.5) is 0 Å². The second kappa shape index (κ2) is 4.39. The van der Waals surface area contributed by atoms with Gasteiger partial charge in [-0.15, -0.1) is 0 Å². The molecule has 0 saturated heterocycles. The molecule has 1 aromatic carbocycles. The molecule has 0 aliphatic rings. The average Bonchev–Trinajstić information content (AvgIpc) is 2.02. The van der Waals surface area contributed by atoms with Crippen molar-refractivity contribution in [2.45, 2.75) is 11.4 Å². The smallest absolute Gasteiger partial charge is 0.239 e. The summed E-state index contributed by atoms with van der Waals surface area (Å²) in [6.45, 7) is 0.684. The minimum Gasteiger partial charge on any atom is -0.316 e. The topological polar surface area (TPSA) is 72.2 Å². The van der Waals surface area contributed by atoms with Gasteiger partial charge in [0.1, 0.15) is 0 Å². The van der Waals surface area contributed by atoms with E-state index in [-0.39, 0.29) is 4.90 Å². The fourth-order valence-corrected chi connectivity index (χ4v) is 2.78. The van der Waals surface area contributed by atoms with Crippen molar-refractivity contribution in [3.8, 4) is 0 Å². The summed E-state index contributed by atoms with van der Waals surface area (Å²) < 4.78 is 22.6. The second-order valence-electron chi connectivity index (χ2n) is 2.84. The molecule has 1 aromatic rings. The van der Waals surface area contributed by atoms with E-state index in [1.807, 2.05) is 7.05 Å². The lowest BCUT2D eigenvalue weighted by molar-refractivity contribution is 0.597. The highest BCUT2D eigenvalue weighted by molar-refractivity contribution is 9.10. The van der Waals surface area contributed by atoms with Crippen molar-refractivity contribution in [1.29, 1.82) is 0 Å². The van der Waals surface area contributed by atoms with Gasteiger partial charge < -0.3 is 5.32 Å². The molecular weight excluding hydrogens is 268 g/mol. The number of nitrogens with one attached hydrogen (secondary N) is 1. The lowest BCUT2D eigenvalue weighted by Gasteiger charge is -2.04. The maximum atomic E-state index is 11.1. The quantitative estimate of drug-likeness (QED) is 0.860. The number of halogens is 1. The molecule has 0 atom stereocenters. The largest absolute Gasteiger partial charge is 0.316 e. The summed E-state index contributed by atoms with van der Waals surface area (Å²) in [5, 5.41) is 7.98. The lowest BCUT2D eigenvalue weighted by Crippen LogP contribution is -2.13. The maximum Gasteiger partial charge on any atom is 0.239 e. The molecule has 6 heteroatoms. The number of primary sulfonamides is 1. The van der Waals surface area contributed by atoms with Crippen LogP contribution < -0.4 is 10.5 Å². The highest BCUT2D eigenvalue weighted by atomic mass is 79.9. The predicted octanol–water partition coefficient (Wildman–Crippen LogP) is 0.816. The van der Waals surface area contributed by atoms with Gasteiger partial charge >= 0.3 is 0 Å². The summed E-state index contributed by atoms with van der Waals surface area (Å²) in [5.41, 5.74) is 0.992. The van der Waals surface area contributed by atoms with Crippen LogP contribution in [-0.4, -0.2) is 15.5 Å².